The molecule has 4 rings (SSSR count). The quantitative estimate of drug-likeness (QED) is 0.690. The molecule has 2 unspecified atom stereocenters. The van der Waals surface area contributed by atoms with Crippen LogP contribution in [0.4, 0.5) is 0 Å². The highest BCUT2D eigenvalue weighted by molar-refractivity contribution is 6.30. The van der Waals surface area contributed by atoms with Crippen molar-refractivity contribution >= 4 is 23.3 Å². The maximum atomic E-state index is 13.0. The predicted octanol–water partition coefficient (Wildman–Crippen LogP) is 2.09. The molecule has 2 aromatic rings. The number of rotatable bonds is 7. The van der Waals surface area contributed by atoms with Crippen molar-refractivity contribution in [1.29, 1.82) is 0 Å². The Labute approximate surface area is 167 Å². The Bertz CT molecular complexity index is 903. The molecule has 2 aliphatic rings. The minimum atomic E-state index is -0.625. The first-order valence-electron chi connectivity index (χ1n) is 9.41. The Morgan fingerprint density at radius 2 is 2.11 bits per heavy atom. The highest BCUT2D eigenvalue weighted by atomic mass is 35.5. The Morgan fingerprint density at radius 3 is 2.75 bits per heavy atom. The van der Waals surface area contributed by atoms with Crippen molar-refractivity contribution in [3.8, 4) is 0 Å². The van der Waals surface area contributed by atoms with Crippen LogP contribution in [0.15, 0.2) is 30.3 Å². The Hall–Kier alpha value is -2.22. The fraction of sp³-hybridized carbons (Fsp3) is 0.450. The number of Topliss-reactive ketones (excluding diaryl/α,β-unsaturated/α-hetero) is 1. The van der Waals surface area contributed by atoms with Crippen LogP contribution in [0.1, 0.15) is 45.9 Å². The summed E-state index contributed by atoms with van der Waals surface area (Å²) in [5.41, 5.74) is 1.17. The number of ether oxygens (including phenoxy) is 1. The van der Waals surface area contributed by atoms with E-state index in [1.165, 1.54) is 10.7 Å². The molecule has 1 aromatic heterocycles. The van der Waals surface area contributed by atoms with Crippen LogP contribution in [0.5, 0.6) is 0 Å². The Kier molecular flexibility index (Phi) is 5.23. The maximum absolute atomic E-state index is 13.0. The molecule has 1 amide bonds. The van der Waals surface area contributed by atoms with Crippen molar-refractivity contribution < 1.29 is 19.4 Å². The molecule has 2 heterocycles. The van der Waals surface area contributed by atoms with Gasteiger partial charge in [-0.2, -0.15) is 5.10 Å². The zero-order valence-electron chi connectivity index (χ0n) is 15.5. The predicted molar refractivity (Wildman–Crippen MR) is 103 cm³/mol. The molecule has 2 N–H and O–H groups in total. The lowest BCUT2D eigenvalue weighted by molar-refractivity contribution is 0.0913. The van der Waals surface area contributed by atoms with Crippen LogP contribution < -0.4 is 5.32 Å². The largest absolute Gasteiger partial charge is 0.394 e. The molecule has 1 aliphatic heterocycles. The van der Waals surface area contributed by atoms with Crippen LogP contribution in [0, 0.1) is 11.8 Å². The van der Waals surface area contributed by atoms with Gasteiger partial charge in [0.25, 0.3) is 5.91 Å². The first-order chi connectivity index (χ1) is 13.5. The fourth-order valence-electron chi connectivity index (χ4n) is 3.84. The van der Waals surface area contributed by atoms with Crippen molar-refractivity contribution in [2.45, 2.75) is 25.4 Å². The molecule has 0 bridgehead atoms. The van der Waals surface area contributed by atoms with Crippen molar-refractivity contribution in [2.75, 3.05) is 19.8 Å². The highest BCUT2D eigenvalue weighted by Gasteiger charge is 2.55. The molecule has 1 aliphatic carbocycles. The molecule has 8 heteroatoms. The van der Waals surface area contributed by atoms with Crippen molar-refractivity contribution in [1.82, 2.24) is 15.1 Å². The Morgan fingerprint density at radius 1 is 1.36 bits per heavy atom. The third kappa shape index (κ3) is 3.45. The minimum Gasteiger partial charge on any atom is -0.394 e. The molecule has 1 saturated heterocycles. The summed E-state index contributed by atoms with van der Waals surface area (Å²) in [6.45, 7) is 2.78. The van der Waals surface area contributed by atoms with Gasteiger partial charge in [-0.1, -0.05) is 30.7 Å². The molecule has 1 aromatic carbocycles. The van der Waals surface area contributed by atoms with E-state index in [-0.39, 0.29) is 42.1 Å². The topological polar surface area (TPSA) is 93.5 Å². The van der Waals surface area contributed by atoms with Gasteiger partial charge in [0.05, 0.1) is 19.8 Å². The molecule has 7 nitrogen and oxygen atoms in total. The summed E-state index contributed by atoms with van der Waals surface area (Å²) in [5, 5.41) is 17.9. The lowest BCUT2D eigenvalue weighted by Gasteiger charge is -2.18. The van der Waals surface area contributed by atoms with E-state index in [9.17, 15) is 14.7 Å². The lowest BCUT2D eigenvalue weighted by atomic mass is 10.1. The number of carbonyl (C=O) groups is 2. The van der Waals surface area contributed by atoms with E-state index in [0.717, 1.165) is 0 Å². The Balaban J connectivity index is 1.67. The average Bonchev–Trinajstić information content (AvgIpc) is 3.08. The number of fused-ring (bicyclic) bond motifs is 1. The number of hydrogen-bond donors (Lipinski definition) is 2. The number of amides is 1. The van der Waals surface area contributed by atoms with Gasteiger partial charge in [0.2, 0.25) is 0 Å². The van der Waals surface area contributed by atoms with Crippen molar-refractivity contribution in [3.63, 3.8) is 0 Å². The van der Waals surface area contributed by atoms with Crippen molar-refractivity contribution in [2.24, 2.45) is 11.8 Å². The van der Waals surface area contributed by atoms with Gasteiger partial charge in [-0.15, -0.1) is 0 Å². The molecule has 4 atom stereocenters. The number of aliphatic hydroxyl groups excluding tert-OH is 1. The van der Waals surface area contributed by atoms with Crippen LogP contribution in [0.25, 0.3) is 0 Å². The third-order valence-electron chi connectivity index (χ3n) is 5.53. The van der Waals surface area contributed by atoms with E-state index >= 15 is 0 Å². The average molecular weight is 404 g/mol. The van der Waals surface area contributed by atoms with Gasteiger partial charge < -0.3 is 15.2 Å². The molecule has 28 heavy (non-hydrogen) atoms. The standard InChI is InChI=1S/C20H22ClN3O4/c1-2-18(26)15-7-16(20(27)22-19-13-9-28-10-14(13)19)24(23-15)17(8-25)11-4-3-5-12(21)6-11/h3-7,13-14,17,19,25H,2,8-10H2,1H3,(H,22,27)/t13-,14+,17?,19?. The first kappa shape index (κ1) is 19.1. The van der Waals surface area contributed by atoms with Crippen LogP contribution in [0.3, 0.4) is 0 Å². The number of aromatic nitrogens is 2. The van der Waals surface area contributed by atoms with Gasteiger partial charge in [0.1, 0.15) is 17.4 Å². The summed E-state index contributed by atoms with van der Waals surface area (Å²) in [4.78, 5) is 25.1. The fourth-order valence-corrected chi connectivity index (χ4v) is 4.03. The molecular formula is C20H22ClN3O4. The van der Waals surface area contributed by atoms with E-state index in [1.54, 1.807) is 31.2 Å². The van der Waals surface area contributed by atoms with Crippen molar-refractivity contribution in [3.05, 3.63) is 52.3 Å². The lowest BCUT2D eigenvalue weighted by Crippen LogP contribution is -2.33. The third-order valence-corrected chi connectivity index (χ3v) is 5.76. The van der Waals surface area contributed by atoms with Gasteiger partial charge in [0, 0.05) is 35.4 Å². The number of carbonyl (C=O) groups excluding carboxylic acids is 2. The summed E-state index contributed by atoms with van der Waals surface area (Å²) in [5.74, 6) is 0.257. The van der Waals surface area contributed by atoms with Gasteiger partial charge in [0.15, 0.2) is 5.78 Å². The van der Waals surface area contributed by atoms with E-state index in [2.05, 4.69) is 10.4 Å². The number of halogens is 1. The first-order valence-corrected chi connectivity index (χ1v) is 9.79. The normalized spacial score (nSPS) is 23.9. The maximum Gasteiger partial charge on any atom is 0.269 e. The van der Waals surface area contributed by atoms with E-state index in [0.29, 0.717) is 35.6 Å². The van der Waals surface area contributed by atoms with Crippen LogP contribution in [-0.4, -0.2) is 52.4 Å². The number of ketones is 1. The van der Waals surface area contributed by atoms with Crippen LogP contribution >= 0.6 is 11.6 Å². The number of aliphatic hydroxyl groups is 1. The molecule has 0 spiro atoms. The van der Waals surface area contributed by atoms with Crippen LogP contribution in [0.2, 0.25) is 5.02 Å². The van der Waals surface area contributed by atoms with Gasteiger partial charge >= 0.3 is 0 Å². The van der Waals surface area contributed by atoms with Gasteiger partial charge in [-0.05, 0) is 17.7 Å². The number of nitrogens with zero attached hydrogens (tertiary/aromatic N) is 2. The zero-order valence-corrected chi connectivity index (χ0v) is 16.2. The molecule has 1 saturated carbocycles. The number of benzene rings is 1. The summed E-state index contributed by atoms with van der Waals surface area (Å²) < 4.78 is 6.79. The van der Waals surface area contributed by atoms with E-state index < -0.39 is 6.04 Å². The second kappa shape index (κ2) is 7.66. The molecule has 148 valence electrons. The number of nitrogens with one attached hydrogen (secondary N) is 1. The minimum absolute atomic E-state index is 0.0914. The SMILES string of the molecule is CCC(=O)c1cc(C(=O)NC2[C@H]3COC[C@@H]23)n(C(CO)c2cccc(Cl)c2)n1. The second-order valence-corrected chi connectivity index (χ2v) is 7.69. The molecular weight excluding hydrogens is 382 g/mol. The summed E-state index contributed by atoms with van der Waals surface area (Å²) in [7, 11) is 0. The van der Waals surface area contributed by atoms with E-state index in [1.807, 2.05) is 0 Å². The highest BCUT2D eigenvalue weighted by Crippen LogP contribution is 2.44. The van der Waals surface area contributed by atoms with Gasteiger partial charge in [-0.3, -0.25) is 9.59 Å². The summed E-state index contributed by atoms with van der Waals surface area (Å²) >= 11 is 6.09. The van der Waals surface area contributed by atoms with Gasteiger partial charge in [-0.25, -0.2) is 4.68 Å². The molecule has 2 fully saturated rings. The monoisotopic (exact) mass is 403 g/mol. The van der Waals surface area contributed by atoms with Crippen LogP contribution in [-0.2, 0) is 4.74 Å². The number of hydrogen-bond acceptors (Lipinski definition) is 5. The smallest absolute Gasteiger partial charge is 0.269 e. The summed E-state index contributed by atoms with van der Waals surface area (Å²) in [6.07, 6.45) is 0.281. The summed E-state index contributed by atoms with van der Waals surface area (Å²) in [6, 6.07) is 8.00. The zero-order chi connectivity index (χ0) is 19.8. The molecule has 0 radical (unpaired) electrons. The second-order valence-electron chi connectivity index (χ2n) is 7.25. The van der Waals surface area contributed by atoms with E-state index in [4.69, 9.17) is 16.3 Å².